The number of benzene rings is 1. The Morgan fingerprint density at radius 1 is 1.58 bits per heavy atom. The zero-order valence-electron chi connectivity index (χ0n) is 10.0. The van der Waals surface area contributed by atoms with E-state index >= 15 is 0 Å². The second-order valence-electron chi connectivity index (χ2n) is 3.67. The molecule has 0 atom stereocenters. The molecule has 0 saturated heterocycles. The molecule has 0 amide bonds. The summed E-state index contributed by atoms with van der Waals surface area (Å²) in [6, 6.07) is 2.91. The van der Waals surface area contributed by atoms with Crippen LogP contribution < -0.4 is 11.3 Å². The van der Waals surface area contributed by atoms with Crippen LogP contribution in [0, 0.1) is 5.82 Å². The number of hydrogen-bond donors (Lipinski definition) is 2. The summed E-state index contributed by atoms with van der Waals surface area (Å²) >= 11 is 5.68. The van der Waals surface area contributed by atoms with Crippen molar-refractivity contribution in [2.45, 2.75) is 6.92 Å². The van der Waals surface area contributed by atoms with Crippen LogP contribution >= 0.6 is 11.6 Å². The first-order valence-electron chi connectivity index (χ1n) is 5.50. The molecule has 0 bridgehead atoms. The number of ether oxygens (including phenoxy) is 1. The van der Waals surface area contributed by atoms with Crippen LogP contribution in [0.4, 0.5) is 10.1 Å². The number of nitrogens with one attached hydrogen (secondary N) is 1. The third-order valence-electron chi connectivity index (χ3n) is 2.57. The maximum Gasteiger partial charge on any atom is 0.341 e. The van der Waals surface area contributed by atoms with Crippen LogP contribution in [-0.4, -0.2) is 17.6 Å². The Kier molecular flexibility index (Phi) is 3.82. The van der Waals surface area contributed by atoms with Crippen molar-refractivity contribution in [2.75, 3.05) is 12.0 Å². The zero-order chi connectivity index (χ0) is 14.0. The molecule has 3 N–H and O–H groups in total. The Labute approximate surface area is 113 Å². The van der Waals surface area contributed by atoms with E-state index in [9.17, 15) is 9.18 Å². The van der Waals surface area contributed by atoms with Gasteiger partial charge in [-0.2, -0.15) is 0 Å². The van der Waals surface area contributed by atoms with Crippen LogP contribution in [0.2, 0.25) is 5.02 Å². The van der Waals surface area contributed by atoms with Gasteiger partial charge in [-0.05, 0) is 19.1 Å². The molecule has 19 heavy (non-hydrogen) atoms. The molecule has 0 spiro atoms. The van der Waals surface area contributed by atoms with E-state index in [4.69, 9.17) is 22.2 Å². The van der Waals surface area contributed by atoms with Gasteiger partial charge >= 0.3 is 5.97 Å². The molecule has 2 rings (SSSR count). The fourth-order valence-corrected chi connectivity index (χ4v) is 1.88. The maximum atomic E-state index is 13.8. The van der Waals surface area contributed by atoms with Crippen LogP contribution in [0.25, 0.3) is 10.9 Å². The minimum Gasteiger partial charge on any atom is -0.462 e. The highest BCUT2D eigenvalue weighted by atomic mass is 35.5. The van der Waals surface area contributed by atoms with E-state index in [-0.39, 0.29) is 28.4 Å². The number of hydrogen-bond acceptors (Lipinski definition) is 5. The number of esters is 1. The number of rotatable bonds is 3. The fraction of sp³-hybridized carbons (Fsp3) is 0.167. The number of pyridine rings is 1. The maximum absolute atomic E-state index is 13.8. The largest absolute Gasteiger partial charge is 0.462 e. The number of aromatic nitrogens is 1. The molecule has 0 aliphatic rings. The molecule has 0 unspecified atom stereocenters. The second-order valence-corrected chi connectivity index (χ2v) is 4.08. The molecule has 1 aromatic carbocycles. The zero-order valence-corrected chi connectivity index (χ0v) is 10.8. The first kappa shape index (κ1) is 13.5. The third kappa shape index (κ3) is 2.32. The first-order valence-corrected chi connectivity index (χ1v) is 5.88. The molecule has 1 aromatic heterocycles. The quantitative estimate of drug-likeness (QED) is 0.514. The minimum absolute atomic E-state index is 0.0356. The van der Waals surface area contributed by atoms with Crippen molar-refractivity contribution >= 4 is 34.2 Å². The summed E-state index contributed by atoms with van der Waals surface area (Å²) in [7, 11) is 0. The van der Waals surface area contributed by atoms with Crippen molar-refractivity contribution in [1.29, 1.82) is 0 Å². The van der Waals surface area contributed by atoms with Gasteiger partial charge in [0.05, 0.1) is 17.3 Å². The smallest absolute Gasteiger partial charge is 0.341 e. The summed E-state index contributed by atoms with van der Waals surface area (Å²) in [5.74, 6) is 4.15. The van der Waals surface area contributed by atoms with Crippen LogP contribution in [0.5, 0.6) is 0 Å². The van der Waals surface area contributed by atoms with Gasteiger partial charge in [-0.15, -0.1) is 0 Å². The fourth-order valence-electron chi connectivity index (χ4n) is 1.73. The Morgan fingerprint density at radius 3 is 2.95 bits per heavy atom. The van der Waals surface area contributed by atoms with Gasteiger partial charge < -0.3 is 10.2 Å². The summed E-state index contributed by atoms with van der Waals surface area (Å²) in [6.45, 7) is 1.90. The lowest BCUT2D eigenvalue weighted by molar-refractivity contribution is 0.0527. The predicted molar refractivity (Wildman–Crippen MR) is 70.5 cm³/mol. The summed E-state index contributed by atoms with van der Waals surface area (Å²) in [6.07, 6.45) is 1.20. The molecule has 1 heterocycles. The lowest BCUT2D eigenvalue weighted by atomic mass is 10.1. The number of carbonyl (C=O) groups excluding carboxylic acids is 1. The number of nitrogens with two attached hydrogens (primary N) is 1. The Hall–Kier alpha value is -1.92. The van der Waals surface area contributed by atoms with Crippen molar-refractivity contribution in [2.24, 2.45) is 5.84 Å². The Morgan fingerprint density at radius 2 is 2.32 bits per heavy atom. The highest BCUT2D eigenvalue weighted by molar-refractivity contribution is 6.31. The highest BCUT2D eigenvalue weighted by Crippen LogP contribution is 2.30. The van der Waals surface area contributed by atoms with E-state index in [1.54, 1.807) is 6.92 Å². The number of nitrogens with zero attached hydrogens (tertiary/aromatic N) is 1. The second kappa shape index (κ2) is 5.38. The SMILES string of the molecule is CCOC(=O)c1cnc2c(F)c(Cl)ccc2c1NN. The topological polar surface area (TPSA) is 77.2 Å². The monoisotopic (exact) mass is 283 g/mol. The lowest BCUT2D eigenvalue weighted by Crippen LogP contribution is -2.15. The van der Waals surface area contributed by atoms with E-state index in [0.29, 0.717) is 5.39 Å². The minimum atomic E-state index is -0.661. The highest BCUT2D eigenvalue weighted by Gasteiger charge is 2.18. The van der Waals surface area contributed by atoms with Gasteiger partial charge in [0.1, 0.15) is 11.1 Å². The molecular weight excluding hydrogens is 273 g/mol. The van der Waals surface area contributed by atoms with Crippen LogP contribution in [0.3, 0.4) is 0 Å². The van der Waals surface area contributed by atoms with Crippen LogP contribution in [-0.2, 0) is 4.74 Å². The molecule has 0 aliphatic carbocycles. The van der Waals surface area contributed by atoms with E-state index in [2.05, 4.69) is 10.4 Å². The third-order valence-corrected chi connectivity index (χ3v) is 2.86. The average Bonchev–Trinajstić information content (AvgIpc) is 2.41. The molecule has 0 saturated carbocycles. The summed E-state index contributed by atoms with van der Waals surface area (Å²) in [5.41, 5.74) is 2.80. The molecular formula is C12H11ClFN3O2. The van der Waals surface area contributed by atoms with E-state index in [0.717, 1.165) is 0 Å². The van der Waals surface area contributed by atoms with Crippen LogP contribution in [0.15, 0.2) is 18.3 Å². The van der Waals surface area contributed by atoms with Gasteiger partial charge in [0.25, 0.3) is 0 Å². The molecule has 0 radical (unpaired) electrons. The van der Waals surface area contributed by atoms with Crippen molar-refractivity contribution in [3.8, 4) is 0 Å². The number of anilines is 1. The average molecular weight is 284 g/mol. The molecule has 5 nitrogen and oxygen atoms in total. The number of hydrazine groups is 1. The number of carbonyl (C=O) groups is 1. The van der Waals surface area contributed by atoms with Gasteiger partial charge in [-0.1, -0.05) is 11.6 Å². The van der Waals surface area contributed by atoms with Gasteiger partial charge in [0.15, 0.2) is 5.82 Å². The van der Waals surface area contributed by atoms with E-state index in [1.807, 2.05) is 0 Å². The van der Waals surface area contributed by atoms with Crippen molar-refractivity contribution in [3.05, 3.63) is 34.7 Å². The van der Waals surface area contributed by atoms with Gasteiger partial charge in [0.2, 0.25) is 0 Å². The summed E-state index contributed by atoms with van der Waals surface area (Å²) in [5, 5.41) is 0.307. The molecule has 7 heteroatoms. The van der Waals surface area contributed by atoms with Gasteiger partial charge in [-0.3, -0.25) is 10.8 Å². The van der Waals surface area contributed by atoms with E-state index in [1.165, 1.54) is 18.3 Å². The lowest BCUT2D eigenvalue weighted by Gasteiger charge is -2.11. The standard InChI is InChI=1S/C12H11ClFN3O2/c1-2-19-12(18)7-5-16-11-6(10(7)17-15)3-4-8(13)9(11)14/h3-5H,2,15H2,1H3,(H,16,17). The summed E-state index contributed by atoms with van der Waals surface area (Å²) in [4.78, 5) is 15.6. The van der Waals surface area contributed by atoms with Gasteiger partial charge in [0, 0.05) is 11.6 Å². The number of nitrogen functional groups attached to an aromatic ring is 1. The molecule has 0 fully saturated rings. The molecule has 100 valence electrons. The van der Waals surface area contributed by atoms with Crippen molar-refractivity contribution < 1.29 is 13.9 Å². The Balaban J connectivity index is 2.70. The predicted octanol–water partition coefficient (Wildman–Crippen LogP) is 2.49. The summed E-state index contributed by atoms with van der Waals surface area (Å²) < 4.78 is 18.7. The molecule has 0 aliphatic heterocycles. The first-order chi connectivity index (χ1) is 9.10. The van der Waals surface area contributed by atoms with Crippen molar-refractivity contribution in [1.82, 2.24) is 4.98 Å². The molecule has 2 aromatic rings. The van der Waals surface area contributed by atoms with Crippen molar-refractivity contribution in [3.63, 3.8) is 0 Å². The van der Waals surface area contributed by atoms with Crippen LogP contribution in [0.1, 0.15) is 17.3 Å². The van der Waals surface area contributed by atoms with Gasteiger partial charge in [-0.25, -0.2) is 9.18 Å². The normalized spacial score (nSPS) is 10.5. The number of halogens is 2. The Bertz CT molecular complexity index is 648. The number of fused-ring (bicyclic) bond motifs is 1. The van der Waals surface area contributed by atoms with E-state index < -0.39 is 11.8 Å².